The summed E-state index contributed by atoms with van der Waals surface area (Å²) in [6, 6.07) is 19.1. The summed E-state index contributed by atoms with van der Waals surface area (Å²) < 4.78 is 38.7. The molecule has 0 bridgehead atoms. The van der Waals surface area contributed by atoms with E-state index < -0.39 is 34.5 Å². The van der Waals surface area contributed by atoms with Crippen LogP contribution in [0.2, 0.25) is 10.0 Å². The van der Waals surface area contributed by atoms with Crippen molar-refractivity contribution in [2.75, 3.05) is 25.1 Å². The Bertz CT molecular complexity index is 1360. The van der Waals surface area contributed by atoms with Gasteiger partial charge in [-0.3, -0.25) is 4.79 Å². The van der Waals surface area contributed by atoms with Crippen LogP contribution in [0.15, 0.2) is 77.7 Å². The van der Waals surface area contributed by atoms with Gasteiger partial charge in [-0.1, -0.05) is 47.5 Å². The highest BCUT2D eigenvalue weighted by molar-refractivity contribution is 7.89. The average molecular weight is 549 g/mol. The second-order valence-electron chi connectivity index (χ2n) is 7.96. The van der Waals surface area contributed by atoms with Crippen molar-refractivity contribution < 1.29 is 27.5 Å². The third-order valence-corrected chi connectivity index (χ3v) is 7.88. The van der Waals surface area contributed by atoms with Gasteiger partial charge in [0.05, 0.1) is 30.8 Å². The molecule has 8 nitrogen and oxygen atoms in total. The standard InChI is InChI=1S/C25H22Cl2N2O6S/c1-34-25(31)23-15-29(21-4-2-3-5-22(21)35-23)24(30)16-28(14-17-6-8-18(26)9-7-17)36(32,33)20-12-10-19(27)11-13-20/h2-13,23H,14-16H2,1H3/t23-/m0/s1. The monoisotopic (exact) mass is 548 g/mol. The molecule has 0 aromatic heterocycles. The Morgan fingerprint density at radius 1 is 1.00 bits per heavy atom. The second kappa shape index (κ2) is 10.9. The molecule has 188 valence electrons. The molecule has 0 saturated heterocycles. The molecular formula is C25H22Cl2N2O6S. The summed E-state index contributed by atoms with van der Waals surface area (Å²) in [7, 11) is -2.87. The van der Waals surface area contributed by atoms with Crippen molar-refractivity contribution in [1.82, 2.24) is 4.31 Å². The van der Waals surface area contributed by atoms with E-state index in [4.69, 9.17) is 32.7 Å². The Morgan fingerprint density at radius 2 is 1.61 bits per heavy atom. The van der Waals surface area contributed by atoms with Gasteiger partial charge < -0.3 is 14.4 Å². The van der Waals surface area contributed by atoms with Crippen molar-refractivity contribution in [2.45, 2.75) is 17.5 Å². The van der Waals surface area contributed by atoms with Gasteiger partial charge in [-0.25, -0.2) is 13.2 Å². The summed E-state index contributed by atoms with van der Waals surface area (Å²) in [5, 5.41) is 0.883. The molecule has 0 unspecified atom stereocenters. The van der Waals surface area contributed by atoms with Crippen LogP contribution in [-0.4, -0.2) is 50.9 Å². The van der Waals surface area contributed by atoms with Gasteiger partial charge in [-0.05, 0) is 54.1 Å². The smallest absolute Gasteiger partial charge is 0.348 e. The first-order valence-electron chi connectivity index (χ1n) is 10.8. The quantitative estimate of drug-likeness (QED) is 0.411. The van der Waals surface area contributed by atoms with Crippen molar-refractivity contribution in [3.05, 3.63) is 88.4 Å². The number of carbonyl (C=O) groups is 2. The van der Waals surface area contributed by atoms with Crippen molar-refractivity contribution in [2.24, 2.45) is 0 Å². The third-order valence-electron chi connectivity index (χ3n) is 5.57. The van der Waals surface area contributed by atoms with Crippen LogP contribution in [0.25, 0.3) is 0 Å². The molecule has 0 N–H and O–H groups in total. The summed E-state index contributed by atoms with van der Waals surface area (Å²) in [5.74, 6) is -0.863. The number of benzene rings is 3. The molecule has 11 heteroatoms. The van der Waals surface area contributed by atoms with Gasteiger partial charge in [-0.2, -0.15) is 4.31 Å². The SMILES string of the molecule is COC(=O)[C@@H]1CN(C(=O)CN(Cc2ccc(Cl)cc2)S(=O)(=O)c2ccc(Cl)cc2)c2ccccc2O1. The highest BCUT2D eigenvalue weighted by atomic mass is 35.5. The van der Waals surface area contributed by atoms with Crippen LogP contribution in [0, 0.1) is 0 Å². The summed E-state index contributed by atoms with van der Waals surface area (Å²) in [5.41, 5.74) is 1.07. The summed E-state index contributed by atoms with van der Waals surface area (Å²) >= 11 is 11.9. The number of halogens is 2. The van der Waals surface area contributed by atoms with Gasteiger partial charge in [0, 0.05) is 16.6 Å². The number of fused-ring (bicyclic) bond motifs is 1. The first-order valence-corrected chi connectivity index (χ1v) is 13.0. The van der Waals surface area contributed by atoms with Gasteiger partial charge in [0.2, 0.25) is 22.0 Å². The first-order chi connectivity index (χ1) is 17.2. The van der Waals surface area contributed by atoms with E-state index in [0.717, 1.165) is 4.31 Å². The van der Waals surface area contributed by atoms with E-state index in [9.17, 15) is 18.0 Å². The van der Waals surface area contributed by atoms with Crippen LogP contribution in [0.5, 0.6) is 5.75 Å². The molecule has 1 atom stereocenters. The Kier molecular flexibility index (Phi) is 7.85. The molecule has 0 spiro atoms. The van der Waals surface area contributed by atoms with Crippen LogP contribution >= 0.6 is 23.2 Å². The van der Waals surface area contributed by atoms with E-state index in [-0.39, 0.29) is 18.0 Å². The highest BCUT2D eigenvalue weighted by Gasteiger charge is 2.36. The zero-order valence-corrected chi connectivity index (χ0v) is 21.5. The van der Waals surface area contributed by atoms with Crippen molar-refractivity contribution >= 4 is 50.8 Å². The second-order valence-corrected chi connectivity index (χ2v) is 10.8. The lowest BCUT2D eigenvalue weighted by Gasteiger charge is -2.34. The number of amides is 1. The van der Waals surface area contributed by atoms with Gasteiger partial charge in [0.15, 0.2) is 0 Å². The average Bonchev–Trinajstić information content (AvgIpc) is 2.88. The lowest BCUT2D eigenvalue weighted by Crippen LogP contribution is -2.50. The summed E-state index contributed by atoms with van der Waals surface area (Å²) in [4.78, 5) is 27.1. The number of hydrogen-bond donors (Lipinski definition) is 0. The Hall–Kier alpha value is -3.11. The molecule has 1 aliphatic heterocycles. The van der Waals surface area contributed by atoms with Gasteiger partial charge >= 0.3 is 5.97 Å². The molecule has 3 aromatic rings. The number of nitrogens with zero attached hydrogens (tertiary/aromatic N) is 2. The fourth-order valence-corrected chi connectivity index (χ4v) is 5.37. The number of sulfonamides is 1. The minimum absolute atomic E-state index is 0.0107. The minimum Gasteiger partial charge on any atom is -0.475 e. The van der Waals surface area contributed by atoms with Crippen LogP contribution in [0.4, 0.5) is 5.69 Å². The molecule has 0 fully saturated rings. The number of hydrogen-bond acceptors (Lipinski definition) is 6. The maximum atomic E-state index is 13.6. The lowest BCUT2D eigenvalue weighted by molar-refractivity contribution is -0.148. The number of rotatable bonds is 7. The highest BCUT2D eigenvalue weighted by Crippen LogP contribution is 2.34. The maximum absolute atomic E-state index is 13.6. The van der Waals surface area contributed by atoms with E-state index in [2.05, 4.69) is 0 Å². The first kappa shape index (κ1) is 26.0. The van der Waals surface area contributed by atoms with E-state index in [0.29, 0.717) is 27.0 Å². The largest absolute Gasteiger partial charge is 0.475 e. The number of esters is 1. The van der Waals surface area contributed by atoms with Crippen LogP contribution in [0.3, 0.4) is 0 Å². The van der Waals surface area contributed by atoms with Crippen LogP contribution in [-0.2, 0) is 30.9 Å². The van der Waals surface area contributed by atoms with E-state index in [1.165, 1.54) is 36.3 Å². The molecular weight excluding hydrogens is 527 g/mol. The van der Waals surface area contributed by atoms with Crippen LogP contribution in [0.1, 0.15) is 5.56 Å². The van der Waals surface area contributed by atoms with Gasteiger partial charge in [-0.15, -0.1) is 0 Å². The predicted molar refractivity (Wildman–Crippen MR) is 136 cm³/mol. The fourth-order valence-electron chi connectivity index (χ4n) is 3.74. The Labute approximate surface area is 219 Å². The number of methoxy groups -OCH3 is 1. The molecule has 4 rings (SSSR count). The van der Waals surface area contributed by atoms with Crippen molar-refractivity contribution in [3.8, 4) is 5.75 Å². The molecule has 0 radical (unpaired) electrons. The van der Waals surface area contributed by atoms with Gasteiger partial charge in [0.1, 0.15) is 5.75 Å². The molecule has 1 amide bonds. The predicted octanol–water partition coefficient (Wildman–Crippen LogP) is 4.15. The maximum Gasteiger partial charge on any atom is 0.348 e. The Morgan fingerprint density at radius 3 is 2.25 bits per heavy atom. The van der Waals surface area contributed by atoms with Crippen molar-refractivity contribution in [1.29, 1.82) is 0 Å². The third kappa shape index (κ3) is 5.65. The summed E-state index contributed by atoms with van der Waals surface area (Å²) in [6.45, 7) is -0.700. The molecule has 1 heterocycles. The Balaban J connectivity index is 1.68. The van der Waals surface area contributed by atoms with Crippen LogP contribution < -0.4 is 9.64 Å². The lowest BCUT2D eigenvalue weighted by atomic mass is 10.2. The topological polar surface area (TPSA) is 93.2 Å². The molecule has 0 saturated carbocycles. The molecule has 0 aliphatic carbocycles. The minimum atomic E-state index is -4.10. The molecule has 36 heavy (non-hydrogen) atoms. The number of carbonyl (C=O) groups excluding carboxylic acids is 2. The zero-order chi connectivity index (χ0) is 25.9. The normalized spacial score (nSPS) is 15.2. The number of anilines is 1. The van der Waals surface area contributed by atoms with Gasteiger partial charge in [0.25, 0.3) is 0 Å². The molecule has 1 aliphatic rings. The van der Waals surface area contributed by atoms with E-state index >= 15 is 0 Å². The summed E-state index contributed by atoms with van der Waals surface area (Å²) in [6.07, 6.45) is -1.05. The van der Waals surface area contributed by atoms with Crippen molar-refractivity contribution in [3.63, 3.8) is 0 Å². The van der Waals surface area contributed by atoms with E-state index in [1.54, 1.807) is 48.5 Å². The fraction of sp³-hybridized carbons (Fsp3) is 0.200. The zero-order valence-electron chi connectivity index (χ0n) is 19.1. The van der Waals surface area contributed by atoms with E-state index in [1.807, 2.05) is 0 Å². The number of para-hydroxylation sites is 2. The molecule has 3 aromatic carbocycles. The number of ether oxygens (including phenoxy) is 2.